The van der Waals surface area contributed by atoms with Crippen molar-refractivity contribution >= 4 is 11.6 Å². The van der Waals surface area contributed by atoms with Gasteiger partial charge in [0.2, 0.25) is 0 Å². The molecule has 0 bridgehead atoms. The number of ether oxygens (including phenoxy) is 1. The standard InChI is InChI=1S/C22H34ClN3O/c1-10-26-20(16(23)13-24-26)22(7,8)12-15-11-17(27-9)18(21(4,5)6)19(25-15)14(2)3/h11,13-14H,10,12H2,1-9H3. The molecule has 0 aliphatic heterocycles. The van der Waals surface area contributed by atoms with Crippen LogP contribution in [0.3, 0.4) is 0 Å². The molecule has 0 amide bonds. The van der Waals surface area contributed by atoms with E-state index in [1.165, 1.54) is 5.56 Å². The Labute approximate surface area is 169 Å². The second kappa shape index (κ2) is 7.83. The van der Waals surface area contributed by atoms with E-state index in [0.29, 0.717) is 10.9 Å². The second-order valence-electron chi connectivity index (χ2n) is 9.20. The van der Waals surface area contributed by atoms with Gasteiger partial charge in [-0.2, -0.15) is 5.10 Å². The Morgan fingerprint density at radius 3 is 2.30 bits per heavy atom. The van der Waals surface area contributed by atoms with Gasteiger partial charge >= 0.3 is 0 Å². The number of hydrogen-bond acceptors (Lipinski definition) is 3. The largest absolute Gasteiger partial charge is 0.496 e. The maximum Gasteiger partial charge on any atom is 0.126 e. The summed E-state index contributed by atoms with van der Waals surface area (Å²) in [5.74, 6) is 1.24. The molecule has 2 rings (SSSR count). The minimum atomic E-state index is -0.195. The van der Waals surface area contributed by atoms with Gasteiger partial charge in [-0.15, -0.1) is 0 Å². The highest BCUT2D eigenvalue weighted by Crippen LogP contribution is 2.39. The summed E-state index contributed by atoms with van der Waals surface area (Å²) in [4.78, 5) is 5.07. The molecule has 0 spiro atoms. The van der Waals surface area contributed by atoms with Crippen LogP contribution in [0.1, 0.15) is 84.0 Å². The van der Waals surface area contributed by atoms with Crippen molar-refractivity contribution in [3.63, 3.8) is 0 Å². The number of rotatable bonds is 6. The predicted octanol–water partition coefficient (Wildman–Crippen LogP) is 5.90. The Bertz CT molecular complexity index is 801. The van der Waals surface area contributed by atoms with Crippen LogP contribution in [-0.2, 0) is 23.8 Å². The summed E-state index contributed by atoms with van der Waals surface area (Å²) in [6, 6.07) is 2.09. The molecule has 0 aromatic carbocycles. The van der Waals surface area contributed by atoms with Crippen LogP contribution in [0.15, 0.2) is 12.3 Å². The molecule has 0 unspecified atom stereocenters. The van der Waals surface area contributed by atoms with Crippen LogP contribution in [0.2, 0.25) is 5.02 Å². The molecule has 2 heterocycles. The van der Waals surface area contributed by atoms with E-state index >= 15 is 0 Å². The lowest BCUT2D eigenvalue weighted by Crippen LogP contribution is -2.27. The molecule has 0 fully saturated rings. The van der Waals surface area contributed by atoms with Gasteiger partial charge in [-0.05, 0) is 18.3 Å². The molecule has 0 atom stereocenters. The Balaban J connectivity index is 2.56. The molecule has 0 saturated carbocycles. The van der Waals surface area contributed by atoms with E-state index in [-0.39, 0.29) is 10.8 Å². The first kappa shape index (κ1) is 21.7. The minimum Gasteiger partial charge on any atom is -0.496 e. The van der Waals surface area contributed by atoms with Gasteiger partial charge in [0.15, 0.2) is 0 Å². The first-order valence-corrected chi connectivity index (χ1v) is 10.1. The van der Waals surface area contributed by atoms with Gasteiger partial charge in [0, 0.05) is 35.7 Å². The summed E-state index contributed by atoms with van der Waals surface area (Å²) >= 11 is 6.47. The van der Waals surface area contributed by atoms with Crippen LogP contribution >= 0.6 is 11.6 Å². The highest BCUT2D eigenvalue weighted by atomic mass is 35.5. The molecular weight excluding hydrogens is 358 g/mol. The molecule has 27 heavy (non-hydrogen) atoms. The molecule has 2 aromatic heterocycles. The van der Waals surface area contributed by atoms with E-state index in [4.69, 9.17) is 21.3 Å². The van der Waals surface area contributed by atoms with Gasteiger partial charge in [-0.3, -0.25) is 9.67 Å². The average Bonchev–Trinajstić information content (AvgIpc) is 2.94. The number of methoxy groups -OCH3 is 1. The van der Waals surface area contributed by atoms with Crippen molar-refractivity contribution in [1.29, 1.82) is 0 Å². The van der Waals surface area contributed by atoms with E-state index in [1.807, 2.05) is 4.68 Å². The zero-order valence-corrected chi connectivity index (χ0v) is 19.0. The third-order valence-corrected chi connectivity index (χ3v) is 5.22. The fourth-order valence-electron chi connectivity index (χ4n) is 3.83. The third-order valence-electron chi connectivity index (χ3n) is 4.94. The number of nitrogens with zero attached hydrogens (tertiary/aromatic N) is 3. The predicted molar refractivity (Wildman–Crippen MR) is 113 cm³/mol. The van der Waals surface area contributed by atoms with Crippen molar-refractivity contribution in [2.24, 2.45) is 0 Å². The quantitative estimate of drug-likeness (QED) is 0.615. The number of aromatic nitrogens is 3. The van der Waals surface area contributed by atoms with E-state index in [9.17, 15) is 0 Å². The fourth-order valence-corrected chi connectivity index (χ4v) is 4.22. The molecule has 5 heteroatoms. The minimum absolute atomic E-state index is 0.0316. The van der Waals surface area contributed by atoms with Crippen LogP contribution in [0.4, 0.5) is 0 Å². The molecule has 0 radical (unpaired) electrons. The Hall–Kier alpha value is -1.55. The summed E-state index contributed by atoms with van der Waals surface area (Å²) in [5.41, 5.74) is 4.16. The first-order valence-electron chi connectivity index (χ1n) is 9.72. The molecule has 4 nitrogen and oxygen atoms in total. The van der Waals surface area contributed by atoms with E-state index in [2.05, 4.69) is 66.6 Å². The second-order valence-corrected chi connectivity index (χ2v) is 9.61. The number of halogens is 1. The Kier molecular flexibility index (Phi) is 6.30. The molecule has 0 N–H and O–H groups in total. The monoisotopic (exact) mass is 391 g/mol. The highest BCUT2D eigenvalue weighted by Gasteiger charge is 2.31. The van der Waals surface area contributed by atoms with Gasteiger partial charge < -0.3 is 4.74 Å². The van der Waals surface area contributed by atoms with Crippen LogP contribution < -0.4 is 4.74 Å². The number of hydrogen-bond donors (Lipinski definition) is 0. The maximum absolute atomic E-state index is 6.47. The Morgan fingerprint density at radius 2 is 1.81 bits per heavy atom. The summed E-state index contributed by atoms with van der Waals surface area (Å²) in [6.45, 7) is 18.3. The SMILES string of the molecule is CCn1ncc(Cl)c1C(C)(C)Cc1cc(OC)c(C(C)(C)C)c(C(C)C)n1. The molecule has 150 valence electrons. The maximum atomic E-state index is 6.47. The van der Waals surface area contributed by atoms with Crippen LogP contribution in [-0.4, -0.2) is 21.9 Å². The molecule has 0 aliphatic rings. The van der Waals surface area contributed by atoms with E-state index < -0.39 is 0 Å². The smallest absolute Gasteiger partial charge is 0.126 e. The average molecular weight is 392 g/mol. The Morgan fingerprint density at radius 1 is 1.19 bits per heavy atom. The summed E-state index contributed by atoms with van der Waals surface area (Å²) in [5, 5.41) is 5.12. The van der Waals surface area contributed by atoms with Gasteiger partial charge in [-0.25, -0.2) is 0 Å². The lowest BCUT2D eigenvalue weighted by Gasteiger charge is -2.29. The molecule has 0 saturated heterocycles. The number of pyridine rings is 1. The van der Waals surface area contributed by atoms with Crippen LogP contribution in [0.25, 0.3) is 0 Å². The fraction of sp³-hybridized carbons (Fsp3) is 0.636. The number of aryl methyl sites for hydroxylation is 1. The third kappa shape index (κ3) is 4.48. The normalized spacial score (nSPS) is 12.7. The van der Waals surface area contributed by atoms with Crippen LogP contribution in [0.5, 0.6) is 5.75 Å². The highest BCUT2D eigenvalue weighted by molar-refractivity contribution is 6.31. The van der Waals surface area contributed by atoms with Crippen molar-refractivity contribution < 1.29 is 4.74 Å². The van der Waals surface area contributed by atoms with Crippen molar-refractivity contribution in [1.82, 2.24) is 14.8 Å². The van der Waals surface area contributed by atoms with Gasteiger partial charge in [-0.1, -0.05) is 60.1 Å². The molecule has 2 aromatic rings. The topological polar surface area (TPSA) is 39.9 Å². The van der Waals surface area contributed by atoms with Gasteiger partial charge in [0.05, 0.1) is 29.7 Å². The summed E-state index contributed by atoms with van der Waals surface area (Å²) in [7, 11) is 1.74. The zero-order chi connectivity index (χ0) is 20.6. The van der Waals surface area contributed by atoms with Crippen molar-refractivity contribution in [2.75, 3.05) is 7.11 Å². The van der Waals surface area contributed by atoms with Crippen molar-refractivity contribution in [3.05, 3.63) is 39.9 Å². The lowest BCUT2D eigenvalue weighted by atomic mass is 9.80. The molecular formula is C22H34ClN3O. The zero-order valence-electron chi connectivity index (χ0n) is 18.3. The van der Waals surface area contributed by atoms with E-state index in [0.717, 1.165) is 35.8 Å². The van der Waals surface area contributed by atoms with Gasteiger partial charge in [0.25, 0.3) is 0 Å². The van der Waals surface area contributed by atoms with Crippen molar-refractivity contribution in [2.45, 2.75) is 85.1 Å². The summed E-state index contributed by atoms with van der Waals surface area (Å²) < 4.78 is 7.77. The van der Waals surface area contributed by atoms with Crippen molar-refractivity contribution in [3.8, 4) is 5.75 Å². The van der Waals surface area contributed by atoms with Crippen LogP contribution in [0, 0.1) is 0 Å². The first-order chi connectivity index (χ1) is 12.4. The lowest BCUT2D eigenvalue weighted by molar-refractivity contribution is 0.390. The molecule has 0 aliphatic carbocycles. The van der Waals surface area contributed by atoms with Gasteiger partial charge in [0.1, 0.15) is 5.75 Å². The van der Waals surface area contributed by atoms with E-state index in [1.54, 1.807) is 13.3 Å². The summed E-state index contributed by atoms with van der Waals surface area (Å²) in [6.07, 6.45) is 2.50.